The second-order valence-corrected chi connectivity index (χ2v) is 4.44. The molecule has 1 aromatic heterocycles. The van der Waals surface area contributed by atoms with E-state index in [1.54, 1.807) is 13.8 Å². The van der Waals surface area contributed by atoms with Crippen molar-refractivity contribution in [1.82, 2.24) is 9.55 Å². The summed E-state index contributed by atoms with van der Waals surface area (Å²) in [5.41, 5.74) is 4.36. The average molecular weight is 281 g/mol. The van der Waals surface area contributed by atoms with E-state index >= 15 is 0 Å². The average Bonchev–Trinajstić information content (AvgIpc) is 2.37. The van der Waals surface area contributed by atoms with Crippen molar-refractivity contribution in [1.29, 1.82) is 0 Å². The molecule has 0 radical (unpaired) electrons. The Bertz CT molecular complexity index is 699. The van der Waals surface area contributed by atoms with E-state index in [4.69, 9.17) is 10.5 Å². The molecule has 1 heterocycles. The van der Waals surface area contributed by atoms with Gasteiger partial charge in [-0.15, -0.1) is 0 Å². The van der Waals surface area contributed by atoms with Crippen LogP contribution in [0.1, 0.15) is 19.9 Å². The second kappa shape index (κ2) is 5.28. The third-order valence-corrected chi connectivity index (χ3v) is 2.65. The van der Waals surface area contributed by atoms with Crippen molar-refractivity contribution in [3.8, 4) is 11.6 Å². The van der Waals surface area contributed by atoms with E-state index in [-0.39, 0.29) is 17.6 Å². The molecule has 5 nitrogen and oxygen atoms in total. The first-order valence-corrected chi connectivity index (χ1v) is 5.89. The van der Waals surface area contributed by atoms with Crippen molar-refractivity contribution in [2.75, 3.05) is 5.73 Å². The highest BCUT2D eigenvalue weighted by Gasteiger charge is 2.14. The molecule has 0 aliphatic carbocycles. The first-order chi connectivity index (χ1) is 9.40. The monoisotopic (exact) mass is 281 g/mol. The topological polar surface area (TPSA) is 70.1 Å². The van der Waals surface area contributed by atoms with Crippen LogP contribution in [0.15, 0.2) is 29.3 Å². The number of nitrogen functional groups attached to an aromatic ring is 1. The zero-order valence-corrected chi connectivity index (χ0v) is 10.9. The molecular formula is C13H13F2N3O2. The Hall–Kier alpha value is -2.44. The van der Waals surface area contributed by atoms with Crippen molar-refractivity contribution >= 4 is 5.69 Å². The fourth-order valence-corrected chi connectivity index (χ4v) is 1.61. The van der Waals surface area contributed by atoms with Gasteiger partial charge in [-0.2, -0.15) is 0 Å². The zero-order chi connectivity index (χ0) is 14.9. The van der Waals surface area contributed by atoms with E-state index in [1.165, 1.54) is 17.0 Å². The molecule has 0 atom stereocenters. The number of nitrogens with two attached hydrogens (primary N) is 1. The van der Waals surface area contributed by atoms with Gasteiger partial charge in [0.2, 0.25) is 0 Å². The Labute approximate surface area is 113 Å². The number of hydrogen-bond donors (Lipinski definition) is 1. The van der Waals surface area contributed by atoms with Crippen molar-refractivity contribution < 1.29 is 13.5 Å². The van der Waals surface area contributed by atoms with Gasteiger partial charge < -0.3 is 15.0 Å². The summed E-state index contributed by atoms with van der Waals surface area (Å²) in [6.07, 6.45) is 2.84. The molecule has 2 N–H and O–H groups in total. The van der Waals surface area contributed by atoms with E-state index in [1.807, 2.05) is 0 Å². The van der Waals surface area contributed by atoms with E-state index in [0.29, 0.717) is 0 Å². The first-order valence-electron chi connectivity index (χ1n) is 5.89. The summed E-state index contributed by atoms with van der Waals surface area (Å²) in [4.78, 5) is 15.7. The van der Waals surface area contributed by atoms with Gasteiger partial charge >= 0.3 is 5.56 Å². The lowest BCUT2D eigenvalue weighted by molar-refractivity contribution is 0.406. The lowest BCUT2D eigenvalue weighted by Gasteiger charge is -2.11. The van der Waals surface area contributed by atoms with Crippen molar-refractivity contribution in [2.45, 2.75) is 19.9 Å². The maximum absolute atomic E-state index is 13.6. The zero-order valence-electron chi connectivity index (χ0n) is 10.9. The Balaban J connectivity index is 2.43. The summed E-state index contributed by atoms with van der Waals surface area (Å²) in [7, 11) is 0. The number of hydrogen-bond acceptors (Lipinski definition) is 4. The predicted octanol–water partition coefficient (Wildman–Crippen LogP) is 2.48. The molecule has 0 saturated heterocycles. The predicted molar refractivity (Wildman–Crippen MR) is 69.7 cm³/mol. The number of benzene rings is 1. The molecule has 7 heteroatoms. The van der Waals surface area contributed by atoms with E-state index < -0.39 is 22.9 Å². The molecule has 2 rings (SSSR count). The van der Waals surface area contributed by atoms with Crippen LogP contribution in [0.5, 0.6) is 11.6 Å². The Morgan fingerprint density at radius 2 is 2.00 bits per heavy atom. The second-order valence-electron chi connectivity index (χ2n) is 4.44. The van der Waals surface area contributed by atoms with Gasteiger partial charge in [0.25, 0.3) is 5.88 Å². The van der Waals surface area contributed by atoms with Crippen molar-refractivity contribution in [3.63, 3.8) is 0 Å². The summed E-state index contributed by atoms with van der Waals surface area (Å²) < 4.78 is 33.3. The molecule has 0 saturated carbocycles. The van der Waals surface area contributed by atoms with Gasteiger partial charge in [-0.1, -0.05) is 0 Å². The fraction of sp³-hybridized carbons (Fsp3) is 0.231. The third kappa shape index (κ3) is 2.61. The van der Waals surface area contributed by atoms with Gasteiger partial charge in [0, 0.05) is 30.6 Å². The molecule has 1 aromatic carbocycles. The number of ether oxygens (including phenoxy) is 1. The molecule has 2 aromatic rings. The highest BCUT2D eigenvalue weighted by atomic mass is 19.1. The minimum Gasteiger partial charge on any atom is -0.431 e. The number of anilines is 1. The highest BCUT2D eigenvalue weighted by Crippen LogP contribution is 2.25. The molecule has 20 heavy (non-hydrogen) atoms. The van der Waals surface area contributed by atoms with Gasteiger partial charge in [-0.05, 0) is 13.8 Å². The lowest BCUT2D eigenvalue weighted by Crippen LogP contribution is -2.23. The highest BCUT2D eigenvalue weighted by molar-refractivity contribution is 5.45. The third-order valence-electron chi connectivity index (χ3n) is 2.65. The number of aromatic nitrogens is 2. The number of rotatable bonds is 3. The smallest absolute Gasteiger partial charge is 0.313 e. The Kier molecular flexibility index (Phi) is 3.69. The molecule has 0 bridgehead atoms. The first kappa shape index (κ1) is 14.0. The van der Waals surface area contributed by atoms with Crippen molar-refractivity contribution in [2.24, 2.45) is 0 Å². The van der Waals surface area contributed by atoms with Gasteiger partial charge in [0.1, 0.15) is 5.82 Å². The molecule has 0 spiro atoms. The normalized spacial score (nSPS) is 10.8. The Morgan fingerprint density at radius 3 is 2.65 bits per heavy atom. The molecule has 0 amide bonds. The SMILES string of the molecule is CC(C)n1ccnc(Oc2cc(F)c(N)cc2F)c1=O. The maximum Gasteiger partial charge on any atom is 0.313 e. The van der Waals surface area contributed by atoms with Crippen LogP contribution in [0.2, 0.25) is 0 Å². The summed E-state index contributed by atoms with van der Waals surface area (Å²) in [6.45, 7) is 3.60. The molecule has 0 fully saturated rings. The van der Waals surface area contributed by atoms with Crippen LogP contribution in [0.3, 0.4) is 0 Å². The summed E-state index contributed by atoms with van der Waals surface area (Å²) in [6, 6.07) is 1.45. The minimum absolute atomic E-state index is 0.110. The van der Waals surface area contributed by atoms with Gasteiger partial charge in [-0.3, -0.25) is 4.79 Å². The molecule has 106 valence electrons. The van der Waals surface area contributed by atoms with Crippen LogP contribution in [0, 0.1) is 11.6 Å². The Morgan fingerprint density at radius 1 is 1.30 bits per heavy atom. The maximum atomic E-state index is 13.6. The summed E-state index contributed by atoms with van der Waals surface area (Å²) in [5.74, 6) is -2.47. The molecular weight excluding hydrogens is 268 g/mol. The number of nitrogens with zero attached hydrogens (tertiary/aromatic N) is 2. The van der Waals surface area contributed by atoms with E-state index in [9.17, 15) is 13.6 Å². The van der Waals surface area contributed by atoms with Crippen LogP contribution < -0.4 is 16.0 Å². The van der Waals surface area contributed by atoms with Crippen LogP contribution in [0.4, 0.5) is 14.5 Å². The molecule has 0 aliphatic rings. The number of halogens is 2. The minimum atomic E-state index is -0.870. The van der Waals surface area contributed by atoms with Crippen LogP contribution >= 0.6 is 0 Å². The largest absolute Gasteiger partial charge is 0.431 e. The fourth-order valence-electron chi connectivity index (χ4n) is 1.61. The lowest BCUT2D eigenvalue weighted by atomic mass is 10.3. The quantitative estimate of drug-likeness (QED) is 0.877. The van der Waals surface area contributed by atoms with Crippen LogP contribution in [-0.4, -0.2) is 9.55 Å². The van der Waals surface area contributed by atoms with E-state index in [0.717, 1.165) is 12.1 Å². The molecule has 0 unspecified atom stereocenters. The van der Waals surface area contributed by atoms with E-state index in [2.05, 4.69) is 4.98 Å². The van der Waals surface area contributed by atoms with Crippen LogP contribution in [0.25, 0.3) is 0 Å². The van der Waals surface area contributed by atoms with Crippen molar-refractivity contribution in [3.05, 3.63) is 46.5 Å². The summed E-state index contributed by atoms with van der Waals surface area (Å²) >= 11 is 0. The standard InChI is InChI=1S/C13H13F2N3O2/c1-7(2)18-4-3-17-12(13(18)19)20-11-6-8(14)10(16)5-9(11)15/h3-7H,16H2,1-2H3. The van der Waals surface area contributed by atoms with Crippen LogP contribution in [-0.2, 0) is 0 Å². The summed E-state index contributed by atoms with van der Waals surface area (Å²) in [5, 5.41) is 0. The van der Waals surface area contributed by atoms with Gasteiger partial charge in [0.15, 0.2) is 11.6 Å². The van der Waals surface area contributed by atoms with Gasteiger partial charge in [-0.25, -0.2) is 13.8 Å². The molecule has 0 aliphatic heterocycles. The van der Waals surface area contributed by atoms with Gasteiger partial charge in [0.05, 0.1) is 5.69 Å².